The average molecular weight is 294 g/mol. The van der Waals surface area contributed by atoms with Crippen molar-refractivity contribution in [2.75, 3.05) is 17.2 Å². The molecule has 0 saturated carbocycles. The van der Waals surface area contributed by atoms with Crippen LogP contribution in [-0.2, 0) is 0 Å². The molecule has 112 valence electrons. The molecule has 1 heterocycles. The number of hydrogen-bond acceptors (Lipinski definition) is 4. The molecule has 0 spiro atoms. The van der Waals surface area contributed by atoms with Gasteiger partial charge in [0.05, 0.1) is 23.5 Å². The molecule has 1 amide bonds. The molecule has 22 heavy (non-hydrogen) atoms. The van der Waals surface area contributed by atoms with Gasteiger partial charge in [-0.25, -0.2) is 4.98 Å². The molecule has 0 bridgehead atoms. The van der Waals surface area contributed by atoms with E-state index < -0.39 is 0 Å². The predicted molar refractivity (Wildman–Crippen MR) is 86.7 cm³/mol. The maximum atomic E-state index is 12.1. The molecule has 1 aromatic carbocycles. The number of hydrogen-bond donors (Lipinski definition) is 2. The maximum absolute atomic E-state index is 12.1. The van der Waals surface area contributed by atoms with Crippen LogP contribution in [0.5, 0.6) is 0 Å². The lowest BCUT2D eigenvalue weighted by atomic mass is 10.2. The number of nitrogens with one attached hydrogen (secondary N) is 2. The number of nitrogens with zero attached hydrogens (tertiary/aromatic N) is 2. The van der Waals surface area contributed by atoms with Crippen LogP contribution in [0.1, 0.15) is 35.8 Å². The van der Waals surface area contributed by atoms with Gasteiger partial charge in [0.1, 0.15) is 5.69 Å². The van der Waals surface area contributed by atoms with E-state index in [1.54, 1.807) is 36.5 Å². The van der Waals surface area contributed by atoms with Gasteiger partial charge in [-0.05, 0) is 42.8 Å². The summed E-state index contributed by atoms with van der Waals surface area (Å²) in [6, 6.07) is 12.3. The number of unbranched alkanes of at least 4 members (excludes halogenated alkanes) is 1. The molecule has 1 aromatic heterocycles. The Morgan fingerprint density at radius 1 is 1.18 bits per heavy atom. The van der Waals surface area contributed by atoms with Gasteiger partial charge in [0, 0.05) is 12.2 Å². The van der Waals surface area contributed by atoms with Crippen molar-refractivity contribution in [1.29, 1.82) is 5.26 Å². The third kappa shape index (κ3) is 4.32. The number of nitriles is 1. The topological polar surface area (TPSA) is 77.8 Å². The van der Waals surface area contributed by atoms with Gasteiger partial charge in [-0.1, -0.05) is 13.3 Å². The lowest BCUT2D eigenvalue weighted by molar-refractivity contribution is 0.102. The molecule has 2 N–H and O–H groups in total. The highest BCUT2D eigenvalue weighted by molar-refractivity contribution is 6.02. The molecule has 2 aromatic rings. The highest BCUT2D eigenvalue weighted by Gasteiger charge is 2.07. The van der Waals surface area contributed by atoms with Gasteiger partial charge in [-0.15, -0.1) is 0 Å². The Kier molecular flexibility index (Phi) is 5.50. The molecule has 0 atom stereocenters. The van der Waals surface area contributed by atoms with E-state index in [-0.39, 0.29) is 5.91 Å². The van der Waals surface area contributed by atoms with Crippen molar-refractivity contribution in [3.63, 3.8) is 0 Å². The zero-order valence-electron chi connectivity index (χ0n) is 12.5. The van der Waals surface area contributed by atoms with Crippen LogP contribution < -0.4 is 10.6 Å². The number of anilines is 2. The second kappa shape index (κ2) is 7.79. The van der Waals surface area contributed by atoms with E-state index >= 15 is 0 Å². The van der Waals surface area contributed by atoms with E-state index in [2.05, 4.69) is 22.5 Å². The number of benzene rings is 1. The van der Waals surface area contributed by atoms with Crippen LogP contribution in [0.3, 0.4) is 0 Å². The Labute approximate surface area is 130 Å². The summed E-state index contributed by atoms with van der Waals surface area (Å²) in [5, 5.41) is 14.7. The number of pyridine rings is 1. The Morgan fingerprint density at radius 2 is 1.91 bits per heavy atom. The van der Waals surface area contributed by atoms with E-state index in [9.17, 15) is 4.79 Å². The summed E-state index contributed by atoms with van der Waals surface area (Å²) < 4.78 is 0. The van der Waals surface area contributed by atoms with Gasteiger partial charge in [-0.2, -0.15) is 5.26 Å². The Morgan fingerprint density at radius 3 is 2.50 bits per heavy atom. The zero-order chi connectivity index (χ0) is 15.8. The standard InChI is InChI=1S/C17H18N4O/c1-2-3-10-19-15-8-9-16(20-12-15)17(22)21-14-6-4-13(11-18)5-7-14/h4-9,12,19H,2-3,10H2,1H3,(H,21,22). The summed E-state index contributed by atoms with van der Waals surface area (Å²) in [7, 11) is 0. The second-order valence-corrected chi connectivity index (χ2v) is 4.86. The molecule has 2 rings (SSSR count). The van der Waals surface area contributed by atoms with Gasteiger partial charge < -0.3 is 10.6 Å². The van der Waals surface area contributed by atoms with E-state index in [0.717, 1.165) is 25.1 Å². The quantitative estimate of drug-likeness (QED) is 0.800. The fraction of sp³-hybridized carbons (Fsp3) is 0.235. The number of rotatable bonds is 6. The SMILES string of the molecule is CCCCNc1ccc(C(=O)Nc2ccc(C#N)cc2)nc1. The second-order valence-electron chi connectivity index (χ2n) is 4.86. The number of amides is 1. The van der Waals surface area contributed by atoms with Crippen molar-refractivity contribution in [2.45, 2.75) is 19.8 Å². The third-order valence-electron chi connectivity index (χ3n) is 3.13. The van der Waals surface area contributed by atoms with Gasteiger partial charge in [0.25, 0.3) is 5.91 Å². The van der Waals surface area contributed by atoms with Crippen molar-refractivity contribution < 1.29 is 4.79 Å². The fourth-order valence-corrected chi connectivity index (χ4v) is 1.87. The average Bonchev–Trinajstić information content (AvgIpc) is 2.56. The molecule has 5 nitrogen and oxygen atoms in total. The van der Waals surface area contributed by atoms with Crippen molar-refractivity contribution in [3.05, 3.63) is 53.9 Å². The monoisotopic (exact) mass is 294 g/mol. The Hall–Kier alpha value is -2.87. The Bertz CT molecular complexity index is 657. The normalized spacial score (nSPS) is 9.82. The van der Waals surface area contributed by atoms with Crippen LogP contribution in [-0.4, -0.2) is 17.4 Å². The minimum absolute atomic E-state index is 0.273. The molecule has 0 saturated heterocycles. The molecular formula is C17H18N4O. The van der Waals surface area contributed by atoms with E-state index in [1.165, 1.54) is 0 Å². The summed E-state index contributed by atoms with van der Waals surface area (Å²) >= 11 is 0. The molecule has 0 fully saturated rings. The molecule has 0 radical (unpaired) electrons. The lowest BCUT2D eigenvalue weighted by Crippen LogP contribution is -2.13. The minimum Gasteiger partial charge on any atom is -0.384 e. The number of carbonyl (C=O) groups excluding carboxylic acids is 1. The molecule has 0 aliphatic carbocycles. The van der Waals surface area contributed by atoms with E-state index in [1.807, 2.05) is 12.1 Å². The predicted octanol–water partition coefficient (Wildman–Crippen LogP) is 3.42. The first-order valence-electron chi connectivity index (χ1n) is 7.24. The Balaban J connectivity index is 1.95. The van der Waals surface area contributed by atoms with E-state index in [0.29, 0.717) is 16.9 Å². The summed E-state index contributed by atoms with van der Waals surface area (Å²) in [6.45, 7) is 3.03. The largest absolute Gasteiger partial charge is 0.384 e. The van der Waals surface area contributed by atoms with E-state index in [4.69, 9.17) is 5.26 Å². The molecular weight excluding hydrogens is 276 g/mol. The van der Waals surface area contributed by atoms with Crippen molar-refractivity contribution in [3.8, 4) is 6.07 Å². The summed E-state index contributed by atoms with van der Waals surface area (Å²) in [5.41, 5.74) is 2.45. The molecule has 5 heteroatoms. The molecule has 0 unspecified atom stereocenters. The highest BCUT2D eigenvalue weighted by Crippen LogP contribution is 2.11. The lowest BCUT2D eigenvalue weighted by Gasteiger charge is -2.07. The van der Waals surface area contributed by atoms with Gasteiger partial charge in [0.15, 0.2) is 0 Å². The van der Waals surface area contributed by atoms with Gasteiger partial charge in [0.2, 0.25) is 0 Å². The van der Waals surface area contributed by atoms with Gasteiger partial charge >= 0.3 is 0 Å². The van der Waals surface area contributed by atoms with Crippen LogP contribution in [0.2, 0.25) is 0 Å². The third-order valence-corrected chi connectivity index (χ3v) is 3.13. The summed E-state index contributed by atoms with van der Waals surface area (Å²) in [4.78, 5) is 16.2. The highest BCUT2D eigenvalue weighted by atomic mass is 16.1. The minimum atomic E-state index is -0.273. The van der Waals surface area contributed by atoms with Gasteiger partial charge in [-0.3, -0.25) is 4.79 Å². The number of carbonyl (C=O) groups is 1. The molecule has 0 aliphatic rings. The zero-order valence-corrected chi connectivity index (χ0v) is 12.5. The fourth-order valence-electron chi connectivity index (χ4n) is 1.87. The molecule has 0 aliphatic heterocycles. The van der Waals surface area contributed by atoms with Crippen LogP contribution in [0, 0.1) is 11.3 Å². The maximum Gasteiger partial charge on any atom is 0.274 e. The first-order chi connectivity index (χ1) is 10.7. The first-order valence-corrected chi connectivity index (χ1v) is 7.24. The first kappa shape index (κ1) is 15.5. The van der Waals surface area contributed by atoms with Crippen molar-refractivity contribution >= 4 is 17.3 Å². The van der Waals surface area contributed by atoms with Crippen LogP contribution in [0.15, 0.2) is 42.6 Å². The van der Waals surface area contributed by atoms with Crippen LogP contribution in [0.25, 0.3) is 0 Å². The van der Waals surface area contributed by atoms with Crippen LogP contribution >= 0.6 is 0 Å². The van der Waals surface area contributed by atoms with Crippen LogP contribution in [0.4, 0.5) is 11.4 Å². The summed E-state index contributed by atoms with van der Waals surface area (Å²) in [5.74, 6) is -0.273. The number of aromatic nitrogens is 1. The smallest absolute Gasteiger partial charge is 0.274 e. The van der Waals surface area contributed by atoms with Crippen molar-refractivity contribution in [1.82, 2.24) is 4.98 Å². The summed E-state index contributed by atoms with van der Waals surface area (Å²) in [6.07, 6.45) is 3.88. The van der Waals surface area contributed by atoms with Crippen molar-refractivity contribution in [2.24, 2.45) is 0 Å².